The molecule has 3 aromatic rings. The van der Waals surface area contributed by atoms with Crippen molar-refractivity contribution in [1.29, 1.82) is 0 Å². The molecule has 0 spiro atoms. The fourth-order valence-corrected chi connectivity index (χ4v) is 3.84. The smallest absolute Gasteiger partial charge is 0.316 e. The van der Waals surface area contributed by atoms with Gasteiger partial charge in [0.1, 0.15) is 11.5 Å². The first-order valence-corrected chi connectivity index (χ1v) is 10.7. The van der Waals surface area contributed by atoms with Crippen molar-refractivity contribution < 1.29 is 19.2 Å². The molecule has 31 heavy (non-hydrogen) atoms. The average Bonchev–Trinajstić information content (AvgIpc) is 3.28. The van der Waals surface area contributed by atoms with E-state index >= 15 is 0 Å². The number of nitrogens with zero attached hydrogens (tertiary/aromatic N) is 2. The van der Waals surface area contributed by atoms with E-state index in [2.05, 4.69) is 15.5 Å². The van der Waals surface area contributed by atoms with E-state index in [-0.39, 0.29) is 11.6 Å². The van der Waals surface area contributed by atoms with E-state index in [1.165, 1.54) is 19.3 Å². The molecule has 1 fully saturated rings. The molecule has 0 saturated heterocycles. The minimum absolute atomic E-state index is 0.101. The number of carbonyl (C=O) groups excluding carboxylic acids is 1. The van der Waals surface area contributed by atoms with E-state index in [1.807, 2.05) is 24.3 Å². The average molecular weight is 421 g/mol. The second-order valence-electron chi connectivity index (χ2n) is 8.09. The molecule has 7 heteroatoms. The highest BCUT2D eigenvalue weighted by atomic mass is 16.5. The Balaban J connectivity index is 1.34. The van der Waals surface area contributed by atoms with Gasteiger partial charge in [-0.3, -0.25) is 4.79 Å². The van der Waals surface area contributed by atoms with Gasteiger partial charge in [0, 0.05) is 12.1 Å². The number of ether oxygens (including phenoxy) is 1. The van der Waals surface area contributed by atoms with Gasteiger partial charge in [-0.1, -0.05) is 23.7 Å². The zero-order valence-corrected chi connectivity index (χ0v) is 17.9. The summed E-state index contributed by atoms with van der Waals surface area (Å²) in [6.07, 6.45) is 6.32. The monoisotopic (exact) mass is 421 g/mol. The van der Waals surface area contributed by atoms with Crippen molar-refractivity contribution in [3.05, 3.63) is 59.0 Å². The SMILES string of the molecule is Cc1cc(-c2noc(C(=O)NCc3ccc(OC4CCCCC4)cc3)n2)cc(C)c1O. The van der Waals surface area contributed by atoms with E-state index in [4.69, 9.17) is 9.26 Å². The third-order valence-corrected chi connectivity index (χ3v) is 5.60. The number of aromatic nitrogens is 2. The van der Waals surface area contributed by atoms with Crippen molar-refractivity contribution in [2.24, 2.45) is 0 Å². The number of aryl methyl sites for hydroxylation is 2. The summed E-state index contributed by atoms with van der Waals surface area (Å²) in [5, 5.41) is 16.6. The number of aromatic hydroxyl groups is 1. The molecule has 2 N–H and O–H groups in total. The number of phenolic OH excluding ortho intramolecular Hbond substituents is 1. The van der Waals surface area contributed by atoms with Crippen molar-refractivity contribution in [3.63, 3.8) is 0 Å². The van der Waals surface area contributed by atoms with Gasteiger partial charge >= 0.3 is 11.8 Å². The Labute approximate surface area is 181 Å². The Morgan fingerprint density at radius 3 is 2.48 bits per heavy atom. The highest BCUT2D eigenvalue weighted by molar-refractivity contribution is 5.89. The number of nitrogens with one attached hydrogen (secondary N) is 1. The van der Waals surface area contributed by atoms with Crippen LogP contribution in [0.2, 0.25) is 0 Å². The number of rotatable bonds is 6. The molecule has 0 radical (unpaired) electrons. The number of hydrogen-bond acceptors (Lipinski definition) is 6. The summed E-state index contributed by atoms with van der Waals surface area (Å²) < 4.78 is 11.2. The summed E-state index contributed by atoms with van der Waals surface area (Å²) in [5.74, 6) is 0.869. The minimum Gasteiger partial charge on any atom is -0.507 e. The van der Waals surface area contributed by atoms with E-state index in [1.54, 1.807) is 26.0 Å². The lowest BCUT2D eigenvalue weighted by molar-refractivity contribution is 0.0907. The molecule has 0 aliphatic heterocycles. The molecule has 0 unspecified atom stereocenters. The topological polar surface area (TPSA) is 97.5 Å². The van der Waals surface area contributed by atoms with Gasteiger partial charge < -0.3 is 19.7 Å². The second-order valence-corrected chi connectivity index (χ2v) is 8.09. The predicted molar refractivity (Wildman–Crippen MR) is 116 cm³/mol. The molecule has 1 aromatic heterocycles. The largest absolute Gasteiger partial charge is 0.507 e. The first-order valence-electron chi connectivity index (χ1n) is 10.7. The number of carbonyl (C=O) groups is 1. The van der Waals surface area contributed by atoms with Gasteiger partial charge in [0.25, 0.3) is 0 Å². The standard InChI is InChI=1S/C24H27N3O4/c1-15-12-18(13-16(2)21(15)28)22-26-24(31-27-22)23(29)25-14-17-8-10-20(11-9-17)30-19-6-4-3-5-7-19/h8-13,19,28H,3-7,14H2,1-2H3,(H,25,29). The molecule has 0 atom stereocenters. The molecule has 1 saturated carbocycles. The number of amides is 1. The fraction of sp³-hybridized carbons (Fsp3) is 0.375. The highest BCUT2D eigenvalue weighted by Crippen LogP contribution is 2.28. The number of hydrogen-bond donors (Lipinski definition) is 2. The van der Waals surface area contributed by atoms with Crippen LogP contribution in [0.1, 0.15) is 59.5 Å². The Kier molecular flexibility index (Phi) is 6.21. The molecule has 0 bridgehead atoms. The van der Waals surface area contributed by atoms with Crippen LogP contribution in [0.3, 0.4) is 0 Å². The molecule has 1 aliphatic rings. The Hall–Kier alpha value is -3.35. The Bertz CT molecular complexity index is 1030. The molecule has 4 rings (SSSR count). The Morgan fingerprint density at radius 1 is 1.13 bits per heavy atom. The van der Waals surface area contributed by atoms with Crippen LogP contribution in [0.25, 0.3) is 11.4 Å². The molecule has 162 valence electrons. The molecule has 1 aliphatic carbocycles. The maximum Gasteiger partial charge on any atom is 0.316 e. The zero-order valence-electron chi connectivity index (χ0n) is 17.9. The van der Waals surface area contributed by atoms with Crippen molar-refractivity contribution in [3.8, 4) is 22.9 Å². The van der Waals surface area contributed by atoms with Gasteiger partial charge in [0.2, 0.25) is 5.82 Å². The normalized spacial score (nSPS) is 14.4. The van der Waals surface area contributed by atoms with Crippen LogP contribution in [0.15, 0.2) is 40.9 Å². The maximum absolute atomic E-state index is 12.4. The lowest BCUT2D eigenvalue weighted by Gasteiger charge is -2.23. The van der Waals surface area contributed by atoms with Crippen LogP contribution >= 0.6 is 0 Å². The fourth-order valence-electron chi connectivity index (χ4n) is 3.84. The molecule has 7 nitrogen and oxygen atoms in total. The van der Waals surface area contributed by atoms with Gasteiger partial charge in [0.15, 0.2) is 0 Å². The van der Waals surface area contributed by atoms with E-state index < -0.39 is 5.91 Å². The van der Waals surface area contributed by atoms with Crippen molar-refractivity contribution in [2.45, 2.75) is 58.6 Å². The summed E-state index contributed by atoms with van der Waals surface area (Å²) in [6.45, 7) is 3.94. The molecule has 1 amide bonds. The van der Waals surface area contributed by atoms with Gasteiger partial charge in [-0.2, -0.15) is 4.98 Å². The van der Waals surface area contributed by atoms with Crippen molar-refractivity contribution >= 4 is 5.91 Å². The molecule has 1 heterocycles. The number of benzene rings is 2. The van der Waals surface area contributed by atoms with Crippen molar-refractivity contribution in [2.75, 3.05) is 0 Å². The summed E-state index contributed by atoms with van der Waals surface area (Å²) >= 11 is 0. The first-order chi connectivity index (χ1) is 15.0. The summed E-state index contributed by atoms with van der Waals surface area (Å²) in [7, 11) is 0. The lowest BCUT2D eigenvalue weighted by atomic mass is 9.98. The lowest BCUT2D eigenvalue weighted by Crippen LogP contribution is -2.23. The Morgan fingerprint density at radius 2 is 1.81 bits per heavy atom. The highest BCUT2D eigenvalue weighted by Gasteiger charge is 2.18. The van der Waals surface area contributed by atoms with Crippen LogP contribution in [0, 0.1) is 13.8 Å². The molecular formula is C24H27N3O4. The third kappa shape index (κ3) is 5.05. The number of phenols is 1. The molecule has 2 aromatic carbocycles. The summed E-state index contributed by atoms with van der Waals surface area (Å²) in [4.78, 5) is 16.6. The van der Waals surface area contributed by atoms with Gasteiger partial charge in [0.05, 0.1) is 6.10 Å². The minimum atomic E-state index is -0.437. The van der Waals surface area contributed by atoms with E-state index in [0.717, 1.165) is 24.2 Å². The van der Waals surface area contributed by atoms with E-state index in [9.17, 15) is 9.90 Å². The van der Waals surface area contributed by atoms with E-state index in [0.29, 0.717) is 35.2 Å². The van der Waals surface area contributed by atoms with Gasteiger partial charge in [-0.15, -0.1) is 0 Å². The third-order valence-electron chi connectivity index (χ3n) is 5.60. The quantitative estimate of drug-likeness (QED) is 0.599. The van der Waals surface area contributed by atoms with Crippen LogP contribution in [-0.2, 0) is 6.54 Å². The van der Waals surface area contributed by atoms with Crippen LogP contribution in [-0.4, -0.2) is 27.3 Å². The van der Waals surface area contributed by atoms with Crippen molar-refractivity contribution in [1.82, 2.24) is 15.5 Å². The predicted octanol–water partition coefficient (Wildman–Crippen LogP) is 4.70. The van der Waals surface area contributed by atoms with Crippen LogP contribution in [0.5, 0.6) is 11.5 Å². The van der Waals surface area contributed by atoms with Crippen LogP contribution < -0.4 is 10.1 Å². The van der Waals surface area contributed by atoms with Gasteiger partial charge in [-0.25, -0.2) is 0 Å². The summed E-state index contributed by atoms with van der Waals surface area (Å²) in [5.41, 5.74) is 3.06. The van der Waals surface area contributed by atoms with Gasteiger partial charge in [-0.05, 0) is 80.5 Å². The zero-order chi connectivity index (χ0) is 21.8. The second kappa shape index (κ2) is 9.20. The molecular weight excluding hydrogens is 394 g/mol. The van der Waals surface area contributed by atoms with Crippen LogP contribution in [0.4, 0.5) is 0 Å². The first kappa shape index (κ1) is 20.9. The maximum atomic E-state index is 12.4. The summed E-state index contributed by atoms with van der Waals surface area (Å²) in [6, 6.07) is 11.3.